The summed E-state index contributed by atoms with van der Waals surface area (Å²) >= 11 is 0. The summed E-state index contributed by atoms with van der Waals surface area (Å²) in [6, 6.07) is 4.61. The summed E-state index contributed by atoms with van der Waals surface area (Å²) in [5.74, 6) is 0.599. The van der Waals surface area contributed by atoms with Gasteiger partial charge in [0, 0.05) is 5.92 Å². The molecule has 1 aliphatic carbocycles. The van der Waals surface area contributed by atoms with E-state index in [9.17, 15) is 0 Å². The van der Waals surface area contributed by atoms with E-state index in [1.54, 1.807) is 16.7 Å². The van der Waals surface area contributed by atoms with E-state index < -0.39 is 0 Å². The van der Waals surface area contributed by atoms with Gasteiger partial charge in [-0.2, -0.15) is 0 Å². The van der Waals surface area contributed by atoms with Crippen LogP contribution in [0, 0.1) is 0 Å². The summed E-state index contributed by atoms with van der Waals surface area (Å²) in [4.78, 5) is 0. The molecule has 0 bridgehead atoms. The molecular formula is C14H18O. The lowest BCUT2D eigenvalue weighted by molar-refractivity contribution is 0.0945. The second-order valence-electron chi connectivity index (χ2n) is 4.90. The van der Waals surface area contributed by atoms with E-state index in [0.29, 0.717) is 5.92 Å². The summed E-state index contributed by atoms with van der Waals surface area (Å²) in [5.41, 5.74) is 6.33. The number of fused-ring (bicyclic) bond motifs is 3. The predicted octanol–water partition coefficient (Wildman–Crippen LogP) is 3.20. The Bertz CT molecular complexity index is 381. The first kappa shape index (κ1) is 9.41. The van der Waals surface area contributed by atoms with Crippen LogP contribution in [0.1, 0.15) is 47.9 Å². The topological polar surface area (TPSA) is 9.23 Å². The van der Waals surface area contributed by atoms with Crippen LogP contribution in [-0.2, 0) is 24.2 Å². The molecule has 0 N–H and O–H groups in total. The Balaban J connectivity index is 2.15. The van der Waals surface area contributed by atoms with Gasteiger partial charge in [-0.25, -0.2) is 0 Å². The zero-order chi connectivity index (χ0) is 10.3. The fourth-order valence-corrected chi connectivity index (χ4v) is 3.07. The lowest BCUT2D eigenvalue weighted by Gasteiger charge is -2.29. The van der Waals surface area contributed by atoms with Gasteiger partial charge >= 0.3 is 0 Å². The maximum Gasteiger partial charge on any atom is 0.0720 e. The highest BCUT2D eigenvalue weighted by atomic mass is 16.5. The van der Waals surface area contributed by atoms with Crippen LogP contribution in [0.3, 0.4) is 0 Å². The van der Waals surface area contributed by atoms with Crippen LogP contribution in [0.25, 0.3) is 0 Å². The molecule has 0 fully saturated rings. The van der Waals surface area contributed by atoms with Crippen molar-refractivity contribution in [3.05, 3.63) is 34.4 Å². The third kappa shape index (κ3) is 1.50. The number of hydrogen-bond acceptors (Lipinski definition) is 1. The van der Waals surface area contributed by atoms with Crippen LogP contribution >= 0.6 is 0 Å². The van der Waals surface area contributed by atoms with Gasteiger partial charge in [-0.15, -0.1) is 0 Å². The van der Waals surface area contributed by atoms with Crippen LogP contribution in [0.4, 0.5) is 0 Å². The summed E-state index contributed by atoms with van der Waals surface area (Å²) in [6.45, 7) is 4.03. The standard InChI is InChI=1S/C14H18O/c1-10-8-15-9-12-7-6-11-4-2-3-5-13(11)14(10)12/h6-7,10H,2-5,8-9H2,1H3. The van der Waals surface area contributed by atoms with Crippen molar-refractivity contribution in [3.8, 4) is 0 Å². The molecule has 3 rings (SSSR count). The van der Waals surface area contributed by atoms with Crippen molar-refractivity contribution in [2.24, 2.45) is 0 Å². The Morgan fingerprint density at radius 1 is 1.13 bits per heavy atom. The second kappa shape index (κ2) is 3.64. The van der Waals surface area contributed by atoms with E-state index in [1.807, 2.05) is 0 Å². The Hall–Kier alpha value is -0.820. The van der Waals surface area contributed by atoms with Crippen LogP contribution in [-0.4, -0.2) is 6.61 Å². The lowest BCUT2D eigenvalue weighted by atomic mass is 9.81. The first-order chi connectivity index (χ1) is 7.36. The van der Waals surface area contributed by atoms with E-state index in [2.05, 4.69) is 19.1 Å². The maximum atomic E-state index is 5.60. The van der Waals surface area contributed by atoms with Crippen molar-refractivity contribution < 1.29 is 4.74 Å². The van der Waals surface area contributed by atoms with E-state index in [-0.39, 0.29) is 0 Å². The van der Waals surface area contributed by atoms with Crippen molar-refractivity contribution >= 4 is 0 Å². The van der Waals surface area contributed by atoms with Crippen LogP contribution in [0.2, 0.25) is 0 Å². The van der Waals surface area contributed by atoms with Gasteiger partial charge in [0.2, 0.25) is 0 Å². The number of rotatable bonds is 0. The van der Waals surface area contributed by atoms with E-state index in [4.69, 9.17) is 4.74 Å². The maximum absolute atomic E-state index is 5.60. The molecule has 80 valence electrons. The number of aryl methyl sites for hydroxylation is 1. The molecule has 1 atom stereocenters. The van der Waals surface area contributed by atoms with Gasteiger partial charge in [-0.1, -0.05) is 19.1 Å². The van der Waals surface area contributed by atoms with Crippen molar-refractivity contribution in [1.29, 1.82) is 0 Å². The summed E-state index contributed by atoms with van der Waals surface area (Å²) < 4.78 is 5.60. The number of hydrogen-bond donors (Lipinski definition) is 0. The number of benzene rings is 1. The molecule has 1 aliphatic heterocycles. The zero-order valence-electron chi connectivity index (χ0n) is 9.38. The third-order valence-electron chi connectivity index (χ3n) is 3.79. The van der Waals surface area contributed by atoms with Gasteiger partial charge < -0.3 is 4.74 Å². The van der Waals surface area contributed by atoms with Gasteiger partial charge in [0.25, 0.3) is 0 Å². The summed E-state index contributed by atoms with van der Waals surface area (Å²) in [7, 11) is 0. The van der Waals surface area contributed by atoms with E-state index in [0.717, 1.165) is 13.2 Å². The highest BCUT2D eigenvalue weighted by molar-refractivity contribution is 5.45. The molecule has 0 radical (unpaired) electrons. The van der Waals surface area contributed by atoms with Crippen LogP contribution in [0.15, 0.2) is 12.1 Å². The van der Waals surface area contributed by atoms with Gasteiger partial charge in [0.1, 0.15) is 0 Å². The first-order valence-electron chi connectivity index (χ1n) is 6.07. The minimum Gasteiger partial charge on any atom is -0.376 e. The minimum absolute atomic E-state index is 0.599. The highest BCUT2D eigenvalue weighted by Crippen LogP contribution is 2.34. The Labute approximate surface area is 91.5 Å². The fraction of sp³-hybridized carbons (Fsp3) is 0.571. The van der Waals surface area contributed by atoms with Gasteiger partial charge in [0.05, 0.1) is 13.2 Å². The normalized spacial score (nSPS) is 24.5. The van der Waals surface area contributed by atoms with E-state index in [1.165, 1.54) is 31.2 Å². The van der Waals surface area contributed by atoms with Gasteiger partial charge in [0.15, 0.2) is 0 Å². The number of ether oxygens (including phenoxy) is 1. The Morgan fingerprint density at radius 3 is 2.87 bits per heavy atom. The van der Waals surface area contributed by atoms with Crippen LogP contribution < -0.4 is 0 Å². The predicted molar refractivity (Wildman–Crippen MR) is 61.2 cm³/mol. The zero-order valence-corrected chi connectivity index (χ0v) is 9.38. The molecular weight excluding hydrogens is 184 g/mol. The Kier molecular flexibility index (Phi) is 2.28. The molecule has 1 heteroatoms. The Morgan fingerprint density at radius 2 is 1.93 bits per heavy atom. The molecule has 15 heavy (non-hydrogen) atoms. The highest BCUT2D eigenvalue weighted by Gasteiger charge is 2.23. The van der Waals surface area contributed by atoms with E-state index >= 15 is 0 Å². The van der Waals surface area contributed by atoms with Crippen molar-refractivity contribution in [3.63, 3.8) is 0 Å². The van der Waals surface area contributed by atoms with Crippen molar-refractivity contribution in [2.45, 2.75) is 45.1 Å². The summed E-state index contributed by atoms with van der Waals surface area (Å²) in [5, 5.41) is 0. The average molecular weight is 202 g/mol. The molecule has 1 aromatic rings. The lowest BCUT2D eigenvalue weighted by Crippen LogP contribution is -2.19. The molecule has 0 spiro atoms. The SMILES string of the molecule is CC1COCc2ccc3c(c21)CCCC3. The second-order valence-corrected chi connectivity index (χ2v) is 4.90. The summed E-state index contributed by atoms with van der Waals surface area (Å²) in [6.07, 6.45) is 5.33. The molecule has 1 unspecified atom stereocenters. The third-order valence-corrected chi connectivity index (χ3v) is 3.79. The minimum atomic E-state index is 0.599. The molecule has 2 aliphatic rings. The largest absolute Gasteiger partial charge is 0.376 e. The first-order valence-corrected chi connectivity index (χ1v) is 6.07. The molecule has 0 aromatic heterocycles. The van der Waals surface area contributed by atoms with Crippen molar-refractivity contribution in [1.82, 2.24) is 0 Å². The van der Waals surface area contributed by atoms with Crippen molar-refractivity contribution in [2.75, 3.05) is 6.61 Å². The molecule has 1 aromatic carbocycles. The smallest absolute Gasteiger partial charge is 0.0720 e. The molecule has 0 saturated heterocycles. The quantitative estimate of drug-likeness (QED) is 0.627. The van der Waals surface area contributed by atoms with Gasteiger partial charge in [-0.05, 0) is 47.9 Å². The molecule has 0 amide bonds. The fourth-order valence-electron chi connectivity index (χ4n) is 3.07. The molecule has 1 nitrogen and oxygen atoms in total. The average Bonchev–Trinajstić information content (AvgIpc) is 2.29. The van der Waals surface area contributed by atoms with Crippen LogP contribution in [0.5, 0.6) is 0 Å². The van der Waals surface area contributed by atoms with Gasteiger partial charge in [-0.3, -0.25) is 0 Å². The monoisotopic (exact) mass is 202 g/mol. The molecule has 0 saturated carbocycles. The molecule has 1 heterocycles.